The molecule has 2 aromatic rings. The Balaban J connectivity index is 1.57. The number of anilines is 1. The molecule has 0 aromatic heterocycles. The number of hydrogen-bond acceptors (Lipinski definition) is 5. The fourth-order valence-electron chi connectivity index (χ4n) is 4.38. The summed E-state index contributed by atoms with van der Waals surface area (Å²) in [6, 6.07) is 14.3. The first-order valence-electron chi connectivity index (χ1n) is 11.6. The number of para-hydroxylation sites is 1. The molecule has 0 spiro atoms. The Bertz CT molecular complexity index is 854. The molecule has 1 N–H and O–H groups in total. The molecule has 6 heteroatoms. The zero-order valence-electron chi connectivity index (χ0n) is 19.7. The first kappa shape index (κ1) is 24.1. The van der Waals surface area contributed by atoms with E-state index in [1.807, 2.05) is 24.3 Å². The lowest BCUT2D eigenvalue weighted by molar-refractivity contribution is -0.114. The van der Waals surface area contributed by atoms with Crippen LogP contribution in [0.15, 0.2) is 42.5 Å². The lowest BCUT2D eigenvalue weighted by atomic mass is 10.1. The van der Waals surface area contributed by atoms with Gasteiger partial charge in [0.15, 0.2) is 11.5 Å². The summed E-state index contributed by atoms with van der Waals surface area (Å²) in [6.45, 7) is 7.77. The third-order valence-corrected chi connectivity index (χ3v) is 5.96. The number of ether oxygens (including phenoxy) is 2. The highest BCUT2D eigenvalue weighted by Crippen LogP contribution is 2.31. The van der Waals surface area contributed by atoms with Crippen LogP contribution in [0.4, 0.5) is 5.69 Å². The number of nitrogens with one attached hydrogen (secondary N) is 1. The number of amides is 1. The molecular weight excluding hydrogens is 402 g/mol. The predicted molar refractivity (Wildman–Crippen MR) is 129 cm³/mol. The highest BCUT2D eigenvalue weighted by molar-refractivity contribution is 5.88. The van der Waals surface area contributed by atoms with Gasteiger partial charge < -0.3 is 14.8 Å². The number of rotatable bonds is 7. The van der Waals surface area contributed by atoms with Gasteiger partial charge in [0.1, 0.15) is 0 Å². The summed E-state index contributed by atoms with van der Waals surface area (Å²) >= 11 is 0. The van der Waals surface area contributed by atoms with Crippen molar-refractivity contribution in [2.24, 2.45) is 0 Å². The molecule has 174 valence electrons. The average molecular weight is 440 g/mol. The molecule has 1 aliphatic heterocycles. The van der Waals surface area contributed by atoms with Gasteiger partial charge in [0, 0.05) is 31.3 Å². The minimum Gasteiger partial charge on any atom is -0.493 e. The number of hydrogen-bond donors (Lipinski definition) is 1. The van der Waals surface area contributed by atoms with E-state index >= 15 is 0 Å². The summed E-state index contributed by atoms with van der Waals surface area (Å²) in [4.78, 5) is 16.3. The van der Waals surface area contributed by atoms with Gasteiger partial charge in [0.2, 0.25) is 5.91 Å². The van der Waals surface area contributed by atoms with Crippen molar-refractivity contribution in [1.29, 1.82) is 0 Å². The number of benzene rings is 2. The van der Waals surface area contributed by atoms with Gasteiger partial charge in [-0.05, 0) is 69.2 Å². The van der Waals surface area contributed by atoms with Gasteiger partial charge >= 0.3 is 0 Å². The van der Waals surface area contributed by atoms with E-state index in [2.05, 4.69) is 33.3 Å². The van der Waals surface area contributed by atoms with Crippen LogP contribution in [0.1, 0.15) is 43.7 Å². The summed E-state index contributed by atoms with van der Waals surface area (Å²) in [7, 11) is 3.40. The molecule has 0 bridgehead atoms. The van der Waals surface area contributed by atoms with Crippen molar-refractivity contribution in [2.45, 2.75) is 45.7 Å². The smallest absolute Gasteiger partial charge is 0.221 e. The largest absolute Gasteiger partial charge is 0.493 e. The van der Waals surface area contributed by atoms with Crippen molar-refractivity contribution in [1.82, 2.24) is 9.80 Å². The van der Waals surface area contributed by atoms with Crippen molar-refractivity contribution in [3.8, 4) is 11.5 Å². The summed E-state index contributed by atoms with van der Waals surface area (Å²) in [5.74, 6) is 1.60. The number of carbonyl (C=O) groups excluding carboxylic acids is 1. The fourth-order valence-corrected chi connectivity index (χ4v) is 4.38. The van der Waals surface area contributed by atoms with E-state index in [0.717, 1.165) is 62.9 Å². The van der Waals surface area contributed by atoms with E-state index < -0.39 is 0 Å². The summed E-state index contributed by atoms with van der Waals surface area (Å²) in [5, 5.41) is 2.83. The second-order valence-electron chi connectivity index (χ2n) is 8.50. The van der Waals surface area contributed by atoms with Crippen molar-refractivity contribution in [3.05, 3.63) is 53.6 Å². The lowest BCUT2D eigenvalue weighted by Gasteiger charge is -2.28. The van der Waals surface area contributed by atoms with E-state index in [9.17, 15) is 4.79 Å². The minimum atomic E-state index is -0.0371. The summed E-state index contributed by atoms with van der Waals surface area (Å²) in [5.41, 5.74) is 3.32. The maximum absolute atomic E-state index is 11.2. The highest BCUT2D eigenvalue weighted by atomic mass is 16.5. The van der Waals surface area contributed by atoms with Crippen molar-refractivity contribution >= 4 is 11.6 Å². The minimum absolute atomic E-state index is 0.0371. The second kappa shape index (κ2) is 12.5. The van der Waals surface area contributed by atoms with E-state index in [4.69, 9.17) is 9.47 Å². The molecule has 1 aliphatic rings. The standard InChI is InChI=1S/C26H37N3O3/c1-21(30)27-24-13-11-22(12-14-24)19-28-15-5-4-6-16-29(18-8-17-28)20-23-9-7-10-25(31-2)26(23)32-3/h7,9-14H,4-6,8,15-20H2,1-3H3,(H,27,30). The van der Waals surface area contributed by atoms with Gasteiger partial charge in [-0.15, -0.1) is 0 Å². The van der Waals surface area contributed by atoms with E-state index in [0.29, 0.717) is 0 Å². The SMILES string of the molecule is COc1cccc(CN2CCCCCN(Cc3ccc(NC(C)=O)cc3)CCC2)c1OC. The Morgan fingerprint density at radius 2 is 1.50 bits per heavy atom. The van der Waals surface area contributed by atoms with Gasteiger partial charge in [-0.2, -0.15) is 0 Å². The normalized spacial score (nSPS) is 16.3. The highest BCUT2D eigenvalue weighted by Gasteiger charge is 2.15. The van der Waals surface area contributed by atoms with Crippen LogP contribution in [0, 0.1) is 0 Å². The predicted octanol–water partition coefficient (Wildman–Crippen LogP) is 4.54. The van der Waals surface area contributed by atoms with Crippen molar-refractivity contribution in [2.75, 3.05) is 45.7 Å². The molecule has 0 saturated carbocycles. The molecule has 1 saturated heterocycles. The third kappa shape index (κ3) is 7.24. The molecule has 32 heavy (non-hydrogen) atoms. The molecule has 0 aliphatic carbocycles. The quantitative estimate of drug-likeness (QED) is 0.686. The van der Waals surface area contributed by atoms with Crippen LogP contribution in [0.3, 0.4) is 0 Å². The zero-order chi connectivity index (χ0) is 22.8. The molecule has 0 atom stereocenters. The van der Waals surface area contributed by atoms with Gasteiger partial charge in [0.05, 0.1) is 14.2 Å². The molecule has 6 nitrogen and oxygen atoms in total. The maximum Gasteiger partial charge on any atom is 0.221 e. The Labute approximate surface area is 192 Å². The Morgan fingerprint density at radius 1 is 0.844 bits per heavy atom. The third-order valence-electron chi connectivity index (χ3n) is 5.96. The molecule has 0 unspecified atom stereocenters. The molecular formula is C26H37N3O3. The van der Waals surface area contributed by atoms with Crippen LogP contribution in [0.25, 0.3) is 0 Å². The summed E-state index contributed by atoms with van der Waals surface area (Å²) in [6.07, 6.45) is 4.81. The van der Waals surface area contributed by atoms with Gasteiger partial charge in [0.25, 0.3) is 0 Å². The van der Waals surface area contributed by atoms with E-state index in [1.165, 1.54) is 37.3 Å². The molecule has 1 amide bonds. The van der Waals surface area contributed by atoms with Gasteiger partial charge in [-0.1, -0.05) is 30.7 Å². The first-order chi connectivity index (χ1) is 15.6. The van der Waals surface area contributed by atoms with Crippen molar-refractivity contribution in [3.63, 3.8) is 0 Å². The average Bonchev–Trinajstić information content (AvgIpc) is 2.79. The van der Waals surface area contributed by atoms with Crippen molar-refractivity contribution < 1.29 is 14.3 Å². The second-order valence-corrected chi connectivity index (χ2v) is 8.50. The molecule has 3 rings (SSSR count). The zero-order valence-corrected chi connectivity index (χ0v) is 19.7. The first-order valence-corrected chi connectivity index (χ1v) is 11.6. The van der Waals surface area contributed by atoms with E-state index in [1.54, 1.807) is 14.2 Å². The Morgan fingerprint density at radius 3 is 2.12 bits per heavy atom. The number of carbonyl (C=O) groups is 1. The molecule has 2 aromatic carbocycles. The topological polar surface area (TPSA) is 54.0 Å². The van der Waals surface area contributed by atoms with E-state index in [-0.39, 0.29) is 5.91 Å². The maximum atomic E-state index is 11.2. The summed E-state index contributed by atoms with van der Waals surface area (Å²) < 4.78 is 11.1. The molecule has 0 radical (unpaired) electrons. The van der Waals surface area contributed by atoms with Crippen LogP contribution in [-0.4, -0.2) is 56.1 Å². The number of nitrogens with zero attached hydrogens (tertiary/aromatic N) is 2. The van der Waals surface area contributed by atoms with Gasteiger partial charge in [-0.3, -0.25) is 14.6 Å². The lowest BCUT2D eigenvalue weighted by Crippen LogP contribution is -2.32. The van der Waals surface area contributed by atoms with Gasteiger partial charge in [-0.25, -0.2) is 0 Å². The fraction of sp³-hybridized carbons (Fsp3) is 0.500. The number of methoxy groups -OCH3 is 2. The van der Waals surface area contributed by atoms with Crippen LogP contribution in [-0.2, 0) is 17.9 Å². The van der Waals surface area contributed by atoms with Crippen LogP contribution in [0.2, 0.25) is 0 Å². The Hall–Kier alpha value is -2.57. The van der Waals surface area contributed by atoms with Crippen LogP contribution in [0.5, 0.6) is 11.5 Å². The molecule has 1 heterocycles. The van der Waals surface area contributed by atoms with Crippen LogP contribution >= 0.6 is 0 Å². The molecule has 1 fully saturated rings. The monoisotopic (exact) mass is 439 g/mol. The Kier molecular flexibility index (Phi) is 9.38. The van der Waals surface area contributed by atoms with Crippen LogP contribution < -0.4 is 14.8 Å².